The number of pyridine rings is 2. The summed E-state index contributed by atoms with van der Waals surface area (Å²) in [4.78, 5) is 11.1. The lowest BCUT2D eigenvalue weighted by atomic mass is 9.96. The molecule has 1 aliphatic heterocycles. The second-order valence-corrected chi connectivity index (χ2v) is 9.81. The van der Waals surface area contributed by atoms with Gasteiger partial charge in [0.25, 0.3) is 0 Å². The summed E-state index contributed by atoms with van der Waals surface area (Å²) in [6, 6.07) is 20.5. The van der Waals surface area contributed by atoms with E-state index in [0.717, 1.165) is 23.7 Å². The highest BCUT2D eigenvalue weighted by Gasteiger charge is 2.42. The van der Waals surface area contributed by atoms with Crippen LogP contribution in [0.2, 0.25) is 0 Å². The van der Waals surface area contributed by atoms with E-state index in [9.17, 15) is 0 Å². The molecule has 1 fully saturated rings. The average molecular weight is 498 g/mol. The molecule has 36 heavy (non-hydrogen) atoms. The molecule has 0 radical (unpaired) electrons. The first-order valence-corrected chi connectivity index (χ1v) is 12.7. The monoisotopic (exact) mass is 497 g/mol. The zero-order valence-corrected chi connectivity index (χ0v) is 21.9. The van der Waals surface area contributed by atoms with Crippen molar-refractivity contribution in [2.75, 3.05) is 4.90 Å². The molecule has 2 atom stereocenters. The molecule has 5 rings (SSSR count). The molecule has 1 saturated heterocycles. The molecule has 0 aliphatic carbocycles. The van der Waals surface area contributed by atoms with Crippen LogP contribution in [0, 0.1) is 13.8 Å². The number of hydrogen-bond acceptors (Lipinski definition) is 4. The van der Waals surface area contributed by atoms with Crippen LogP contribution in [0.5, 0.6) is 5.75 Å². The van der Waals surface area contributed by atoms with E-state index in [-0.39, 0.29) is 18.2 Å². The number of nitrogens with zero attached hydrogens (tertiary/aromatic N) is 4. The topological polar surface area (TPSA) is 55.2 Å². The van der Waals surface area contributed by atoms with Gasteiger partial charge in [-0.1, -0.05) is 6.07 Å². The van der Waals surface area contributed by atoms with Gasteiger partial charge in [0.05, 0.1) is 23.9 Å². The van der Waals surface area contributed by atoms with Gasteiger partial charge in [0.15, 0.2) is 5.11 Å². The molecule has 7 heteroatoms. The highest BCUT2D eigenvalue weighted by atomic mass is 32.1. The fraction of sp³-hybridized carbons (Fsp3) is 0.276. The van der Waals surface area contributed by atoms with Crippen molar-refractivity contribution in [1.82, 2.24) is 19.9 Å². The van der Waals surface area contributed by atoms with Gasteiger partial charge in [0.1, 0.15) is 5.75 Å². The molecule has 4 aromatic rings. The maximum atomic E-state index is 5.91. The highest BCUT2D eigenvalue weighted by Crippen LogP contribution is 2.43. The van der Waals surface area contributed by atoms with Crippen molar-refractivity contribution in [2.45, 2.75) is 52.4 Å². The summed E-state index contributed by atoms with van der Waals surface area (Å²) < 4.78 is 8.23. The molecule has 0 bridgehead atoms. The molecule has 1 N–H and O–H groups in total. The predicted molar refractivity (Wildman–Crippen MR) is 147 cm³/mol. The molecule has 184 valence electrons. The summed E-state index contributed by atoms with van der Waals surface area (Å²) >= 11 is 5.91. The van der Waals surface area contributed by atoms with Crippen molar-refractivity contribution in [3.63, 3.8) is 0 Å². The largest absolute Gasteiger partial charge is 0.491 e. The Labute approximate surface area is 218 Å². The van der Waals surface area contributed by atoms with E-state index in [0.29, 0.717) is 5.11 Å². The summed E-state index contributed by atoms with van der Waals surface area (Å²) in [6.45, 7) is 9.21. The molecule has 0 spiro atoms. The Hall–Kier alpha value is -3.71. The van der Waals surface area contributed by atoms with Gasteiger partial charge in [-0.2, -0.15) is 0 Å². The Balaban J connectivity index is 1.57. The smallest absolute Gasteiger partial charge is 0.174 e. The Morgan fingerprint density at radius 2 is 1.75 bits per heavy atom. The number of thiocarbonyl (C=S) groups is 1. The Morgan fingerprint density at radius 1 is 1.00 bits per heavy atom. The third-order valence-corrected chi connectivity index (χ3v) is 6.92. The lowest BCUT2D eigenvalue weighted by Gasteiger charge is -2.28. The fourth-order valence-electron chi connectivity index (χ4n) is 4.95. The molecule has 0 unspecified atom stereocenters. The van der Waals surface area contributed by atoms with Crippen molar-refractivity contribution in [2.24, 2.45) is 0 Å². The molecular formula is C29H31N5OS. The minimum Gasteiger partial charge on any atom is -0.491 e. The van der Waals surface area contributed by atoms with Crippen molar-refractivity contribution < 1.29 is 4.74 Å². The van der Waals surface area contributed by atoms with Gasteiger partial charge in [-0.3, -0.25) is 9.97 Å². The summed E-state index contributed by atoms with van der Waals surface area (Å²) in [5, 5.41) is 4.25. The van der Waals surface area contributed by atoms with Crippen LogP contribution in [0.4, 0.5) is 5.69 Å². The van der Waals surface area contributed by atoms with Gasteiger partial charge in [0.2, 0.25) is 0 Å². The van der Waals surface area contributed by atoms with E-state index < -0.39 is 0 Å². The molecule has 0 amide bonds. The first kappa shape index (κ1) is 24.0. The normalized spacial score (nSPS) is 17.5. The van der Waals surface area contributed by atoms with Gasteiger partial charge in [0, 0.05) is 42.2 Å². The molecule has 0 saturated carbocycles. The van der Waals surface area contributed by atoms with Gasteiger partial charge in [-0.15, -0.1) is 0 Å². The predicted octanol–water partition coefficient (Wildman–Crippen LogP) is 5.91. The van der Waals surface area contributed by atoms with E-state index in [1.165, 1.54) is 22.5 Å². The van der Waals surface area contributed by atoms with E-state index in [2.05, 4.69) is 75.0 Å². The van der Waals surface area contributed by atoms with E-state index in [1.807, 2.05) is 56.7 Å². The number of aromatic nitrogens is 3. The second kappa shape index (κ2) is 10.1. The third-order valence-electron chi connectivity index (χ3n) is 6.61. The summed E-state index contributed by atoms with van der Waals surface area (Å²) in [5.74, 6) is 0.847. The van der Waals surface area contributed by atoms with Gasteiger partial charge >= 0.3 is 0 Å². The van der Waals surface area contributed by atoms with Crippen molar-refractivity contribution >= 4 is 23.0 Å². The SMILES string of the molecule is Cc1cc([C@@H]2[C@@H](c3ccccn3)NC(=S)N2c2ccc(OC(C)C)cc2)c(C)n1Cc1ccncc1. The molecular weight excluding hydrogens is 466 g/mol. The number of anilines is 1. The first-order chi connectivity index (χ1) is 17.4. The average Bonchev–Trinajstić information content (AvgIpc) is 3.36. The minimum atomic E-state index is -0.0832. The standard InChI is InChI=1S/C29H31N5OS/c1-19(2)35-24-10-8-23(9-11-24)34-28(27(32-29(34)36)26-7-5-6-14-31-26)25-17-20(3)33(21(25)4)18-22-12-15-30-16-13-22/h5-17,19,27-28H,18H2,1-4H3,(H,32,36)/t27-,28-/m1/s1. The molecule has 1 aliphatic rings. The summed E-state index contributed by atoms with van der Waals surface area (Å²) in [6.07, 6.45) is 5.65. The lowest BCUT2D eigenvalue weighted by molar-refractivity contribution is 0.242. The maximum Gasteiger partial charge on any atom is 0.174 e. The zero-order valence-electron chi connectivity index (χ0n) is 21.1. The number of hydrogen-bond donors (Lipinski definition) is 1. The van der Waals surface area contributed by atoms with Crippen LogP contribution in [0.3, 0.4) is 0 Å². The maximum absolute atomic E-state index is 5.91. The quantitative estimate of drug-likeness (QED) is 0.321. The number of nitrogens with one attached hydrogen (secondary N) is 1. The van der Waals surface area contributed by atoms with E-state index in [1.54, 1.807) is 0 Å². The Kier molecular flexibility index (Phi) is 6.74. The molecule has 4 heterocycles. The first-order valence-electron chi connectivity index (χ1n) is 12.3. The highest BCUT2D eigenvalue weighted by molar-refractivity contribution is 7.80. The van der Waals surface area contributed by atoms with E-state index >= 15 is 0 Å². The third kappa shape index (κ3) is 4.71. The van der Waals surface area contributed by atoms with Gasteiger partial charge < -0.3 is 19.5 Å². The Bertz CT molecular complexity index is 1340. The summed E-state index contributed by atoms with van der Waals surface area (Å²) in [7, 11) is 0. The van der Waals surface area contributed by atoms with Gasteiger partial charge in [-0.25, -0.2) is 0 Å². The van der Waals surface area contributed by atoms with Crippen LogP contribution >= 0.6 is 12.2 Å². The van der Waals surface area contributed by atoms with Crippen LogP contribution in [0.25, 0.3) is 0 Å². The molecule has 3 aromatic heterocycles. The zero-order chi connectivity index (χ0) is 25.2. The number of aryl methyl sites for hydroxylation is 1. The van der Waals surface area contributed by atoms with Crippen LogP contribution in [0.15, 0.2) is 79.3 Å². The number of benzene rings is 1. The fourth-order valence-corrected chi connectivity index (χ4v) is 5.29. The van der Waals surface area contributed by atoms with Gasteiger partial charge in [-0.05, 0) is 106 Å². The van der Waals surface area contributed by atoms with Crippen molar-refractivity contribution in [3.05, 3.63) is 107 Å². The molecule has 6 nitrogen and oxygen atoms in total. The van der Waals surface area contributed by atoms with Crippen LogP contribution in [-0.4, -0.2) is 25.8 Å². The van der Waals surface area contributed by atoms with Crippen molar-refractivity contribution in [1.29, 1.82) is 0 Å². The Morgan fingerprint density at radius 3 is 2.42 bits per heavy atom. The van der Waals surface area contributed by atoms with Crippen LogP contribution in [-0.2, 0) is 6.54 Å². The van der Waals surface area contributed by atoms with Crippen LogP contribution in [0.1, 0.15) is 54.1 Å². The van der Waals surface area contributed by atoms with E-state index in [4.69, 9.17) is 17.0 Å². The summed E-state index contributed by atoms with van der Waals surface area (Å²) in [5.41, 5.74) is 6.85. The molecule has 1 aromatic carbocycles. The number of ether oxygens (including phenoxy) is 1. The second-order valence-electron chi connectivity index (χ2n) is 9.43. The van der Waals surface area contributed by atoms with Crippen molar-refractivity contribution in [3.8, 4) is 5.75 Å². The number of rotatable bonds is 7. The minimum absolute atomic E-state index is 0.0540. The lowest BCUT2D eigenvalue weighted by Crippen LogP contribution is -2.29. The van der Waals surface area contributed by atoms with Crippen LogP contribution < -0.4 is 15.0 Å².